The summed E-state index contributed by atoms with van der Waals surface area (Å²) in [4.78, 5) is 4.05. The minimum Gasteiger partial charge on any atom is -0.382 e. The standard InChI is InChI=1S/C12H9Cl2NO/c13-9-6-4-8(5-7-9)12(16)10-2-1-3-11(14)15-10/h1-7,12,16H. The van der Waals surface area contributed by atoms with Crippen LogP contribution in [0.25, 0.3) is 0 Å². The quantitative estimate of drug-likeness (QED) is 0.832. The minimum absolute atomic E-state index is 0.366. The number of hydrogen-bond acceptors (Lipinski definition) is 2. The lowest BCUT2D eigenvalue weighted by molar-refractivity contribution is 0.215. The smallest absolute Gasteiger partial charge is 0.129 e. The number of benzene rings is 1. The molecule has 1 heterocycles. The first-order valence-electron chi connectivity index (χ1n) is 4.73. The number of hydrogen-bond donors (Lipinski definition) is 1. The van der Waals surface area contributed by atoms with Crippen LogP contribution in [0.5, 0.6) is 0 Å². The van der Waals surface area contributed by atoms with Crippen LogP contribution in [-0.2, 0) is 0 Å². The van der Waals surface area contributed by atoms with E-state index in [2.05, 4.69) is 4.98 Å². The van der Waals surface area contributed by atoms with Gasteiger partial charge in [0.15, 0.2) is 0 Å². The third-order valence-corrected chi connectivity index (χ3v) is 2.67. The van der Waals surface area contributed by atoms with Crippen LogP contribution in [0.2, 0.25) is 10.2 Å². The van der Waals surface area contributed by atoms with Crippen molar-refractivity contribution in [2.45, 2.75) is 6.10 Å². The van der Waals surface area contributed by atoms with Gasteiger partial charge in [-0.2, -0.15) is 0 Å². The van der Waals surface area contributed by atoms with Gasteiger partial charge in [0.05, 0.1) is 5.69 Å². The summed E-state index contributed by atoms with van der Waals surface area (Å²) in [6, 6.07) is 12.1. The van der Waals surface area contributed by atoms with E-state index in [0.717, 1.165) is 5.56 Å². The largest absolute Gasteiger partial charge is 0.382 e. The topological polar surface area (TPSA) is 33.1 Å². The summed E-state index contributed by atoms with van der Waals surface area (Å²) in [5.74, 6) is 0. The van der Waals surface area contributed by atoms with Crippen LogP contribution in [0.3, 0.4) is 0 Å². The number of aliphatic hydroxyl groups is 1. The molecular formula is C12H9Cl2NO. The molecule has 0 bridgehead atoms. The van der Waals surface area contributed by atoms with Crippen molar-refractivity contribution in [1.82, 2.24) is 4.98 Å². The lowest BCUT2D eigenvalue weighted by atomic mass is 10.1. The summed E-state index contributed by atoms with van der Waals surface area (Å²) in [7, 11) is 0. The van der Waals surface area contributed by atoms with Crippen molar-refractivity contribution in [3.63, 3.8) is 0 Å². The Hall–Kier alpha value is -1.09. The predicted octanol–water partition coefficient (Wildman–Crippen LogP) is 3.47. The zero-order chi connectivity index (χ0) is 11.5. The van der Waals surface area contributed by atoms with Gasteiger partial charge in [0.1, 0.15) is 11.3 Å². The second kappa shape index (κ2) is 4.83. The molecule has 82 valence electrons. The Kier molecular flexibility index (Phi) is 3.44. The summed E-state index contributed by atoms with van der Waals surface area (Å²) in [5, 5.41) is 11.0. The molecule has 1 atom stereocenters. The molecule has 4 heteroatoms. The number of nitrogens with zero attached hydrogens (tertiary/aromatic N) is 1. The van der Waals surface area contributed by atoms with E-state index in [1.54, 1.807) is 42.5 Å². The van der Waals surface area contributed by atoms with Crippen LogP contribution < -0.4 is 0 Å². The maximum absolute atomic E-state index is 10.0. The van der Waals surface area contributed by atoms with Crippen molar-refractivity contribution in [3.05, 3.63) is 63.9 Å². The van der Waals surface area contributed by atoms with Crippen LogP contribution in [-0.4, -0.2) is 10.1 Å². The molecule has 2 aromatic rings. The molecule has 0 saturated heterocycles. The highest BCUT2D eigenvalue weighted by atomic mass is 35.5. The van der Waals surface area contributed by atoms with Crippen molar-refractivity contribution < 1.29 is 5.11 Å². The first kappa shape index (κ1) is 11.4. The lowest BCUT2D eigenvalue weighted by Crippen LogP contribution is -2.01. The highest BCUT2D eigenvalue weighted by Gasteiger charge is 2.11. The van der Waals surface area contributed by atoms with Crippen LogP contribution in [0.4, 0.5) is 0 Å². The highest BCUT2D eigenvalue weighted by Crippen LogP contribution is 2.22. The van der Waals surface area contributed by atoms with E-state index in [-0.39, 0.29) is 0 Å². The minimum atomic E-state index is -0.782. The first-order valence-corrected chi connectivity index (χ1v) is 5.48. The zero-order valence-electron chi connectivity index (χ0n) is 8.27. The molecule has 1 unspecified atom stereocenters. The fourth-order valence-electron chi connectivity index (χ4n) is 1.39. The molecule has 0 saturated carbocycles. The Balaban J connectivity index is 2.31. The molecule has 2 rings (SSSR count). The third kappa shape index (κ3) is 2.53. The Morgan fingerprint density at radius 3 is 2.31 bits per heavy atom. The van der Waals surface area contributed by atoms with Crippen LogP contribution in [0, 0.1) is 0 Å². The van der Waals surface area contributed by atoms with Gasteiger partial charge in [-0.1, -0.05) is 41.4 Å². The third-order valence-electron chi connectivity index (χ3n) is 2.20. The summed E-state index contributed by atoms with van der Waals surface area (Å²) in [5.41, 5.74) is 1.26. The average Bonchev–Trinajstić information content (AvgIpc) is 2.29. The lowest BCUT2D eigenvalue weighted by Gasteiger charge is -2.10. The van der Waals surface area contributed by atoms with Crippen molar-refractivity contribution in [2.24, 2.45) is 0 Å². The average molecular weight is 254 g/mol. The molecule has 1 N–H and O–H groups in total. The van der Waals surface area contributed by atoms with Gasteiger partial charge in [-0.05, 0) is 29.8 Å². The number of aliphatic hydroxyl groups excluding tert-OH is 1. The van der Waals surface area contributed by atoms with Crippen molar-refractivity contribution in [3.8, 4) is 0 Å². The molecule has 1 aromatic carbocycles. The van der Waals surface area contributed by atoms with Crippen molar-refractivity contribution >= 4 is 23.2 Å². The summed E-state index contributed by atoms with van der Waals surface area (Å²) in [6.07, 6.45) is -0.782. The highest BCUT2D eigenvalue weighted by molar-refractivity contribution is 6.30. The van der Waals surface area contributed by atoms with Gasteiger partial charge in [0, 0.05) is 5.02 Å². The Morgan fingerprint density at radius 1 is 1.00 bits per heavy atom. The molecule has 0 fully saturated rings. The zero-order valence-corrected chi connectivity index (χ0v) is 9.78. The van der Waals surface area contributed by atoms with Crippen LogP contribution in [0.1, 0.15) is 17.4 Å². The maximum Gasteiger partial charge on any atom is 0.129 e. The molecule has 0 aliphatic carbocycles. The number of pyridine rings is 1. The fraction of sp³-hybridized carbons (Fsp3) is 0.0833. The Labute approximate surface area is 103 Å². The van der Waals surface area contributed by atoms with Gasteiger partial charge < -0.3 is 5.11 Å². The van der Waals surface area contributed by atoms with E-state index in [4.69, 9.17) is 23.2 Å². The van der Waals surface area contributed by atoms with E-state index in [1.807, 2.05) is 0 Å². The van der Waals surface area contributed by atoms with Gasteiger partial charge >= 0.3 is 0 Å². The van der Waals surface area contributed by atoms with Crippen LogP contribution >= 0.6 is 23.2 Å². The maximum atomic E-state index is 10.0. The number of rotatable bonds is 2. The van der Waals surface area contributed by atoms with Gasteiger partial charge in [-0.25, -0.2) is 4.98 Å². The predicted molar refractivity (Wildman–Crippen MR) is 64.8 cm³/mol. The molecule has 0 amide bonds. The van der Waals surface area contributed by atoms with E-state index in [9.17, 15) is 5.11 Å². The Morgan fingerprint density at radius 2 is 1.69 bits per heavy atom. The van der Waals surface area contributed by atoms with E-state index in [0.29, 0.717) is 15.9 Å². The Bertz CT molecular complexity index is 485. The fourth-order valence-corrected chi connectivity index (χ4v) is 1.69. The molecule has 2 nitrogen and oxygen atoms in total. The van der Waals surface area contributed by atoms with Gasteiger partial charge in [-0.15, -0.1) is 0 Å². The molecule has 1 aromatic heterocycles. The normalized spacial score (nSPS) is 12.4. The second-order valence-electron chi connectivity index (χ2n) is 3.34. The van der Waals surface area contributed by atoms with Crippen molar-refractivity contribution in [1.29, 1.82) is 0 Å². The van der Waals surface area contributed by atoms with E-state index >= 15 is 0 Å². The second-order valence-corrected chi connectivity index (χ2v) is 4.16. The van der Waals surface area contributed by atoms with E-state index < -0.39 is 6.10 Å². The molecule has 16 heavy (non-hydrogen) atoms. The molecular weight excluding hydrogens is 245 g/mol. The summed E-state index contributed by atoms with van der Waals surface area (Å²) in [6.45, 7) is 0. The number of halogens is 2. The SMILES string of the molecule is OC(c1ccc(Cl)cc1)c1cccc(Cl)n1. The van der Waals surface area contributed by atoms with E-state index in [1.165, 1.54) is 0 Å². The van der Waals surface area contributed by atoms with Gasteiger partial charge in [0.2, 0.25) is 0 Å². The molecule has 0 spiro atoms. The summed E-state index contributed by atoms with van der Waals surface area (Å²) >= 11 is 11.5. The van der Waals surface area contributed by atoms with Gasteiger partial charge in [0.25, 0.3) is 0 Å². The molecule has 0 radical (unpaired) electrons. The molecule has 0 aliphatic rings. The van der Waals surface area contributed by atoms with Crippen LogP contribution in [0.15, 0.2) is 42.5 Å². The first-order chi connectivity index (χ1) is 7.66. The monoisotopic (exact) mass is 253 g/mol. The molecule has 0 aliphatic heterocycles. The summed E-state index contributed by atoms with van der Waals surface area (Å²) < 4.78 is 0. The van der Waals surface area contributed by atoms with Crippen molar-refractivity contribution in [2.75, 3.05) is 0 Å². The van der Waals surface area contributed by atoms with Gasteiger partial charge in [-0.3, -0.25) is 0 Å². The number of aromatic nitrogens is 1.